The Bertz CT molecular complexity index is 46.1. The number of hydrogen-bond donors (Lipinski definition) is 1. The van der Waals surface area contributed by atoms with Crippen molar-refractivity contribution in [3.05, 3.63) is 0 Å². The lowest BCUT2D eigenvalue weighted by Crippen LogP contribution is -2.07. The fourth-order valence-electron chi connectivity index (χ4n) is 0. The maximum Gasteiger partial charge on any atom is 0.143 e. The highest BCUT2D eigenvalue weighted by molar-refractivity contribution is 8.93. The second-order valence-corrected chi connectivity index (χ2v) is 0.906. The van der Waals surface area contributed by atoms with E-state index in [9.17, 15) is 4.79 Å². The van der Waals surface area contributed by atoms with Gasteiger partial charge < -0.3 is 5.73 Å². The SMILES string of the molecule is Br.CC(=O)CN. The minimum atomic E-state index is 0. The lowest BCUT2D eigenvalue weighted by Gasteiger charge is -1.73. The van der Waals surface area contributed by atoms with E-state index in [1.165, 1.54) is 6.92 Å². The molecule has 0 saturated heterocycles. The van der Waals surface area contributed by atoms with Gasteiger partial charge >= 0.3 is 0 Å². The molecule has 0 heterocycles. The van der Waals surface area contributed by atoms with Crippen molar-refractivity contribution in [3.8, 4) is 0 Å². The summed E-state index contributed by atoms with van der Waals surface area (Å²) in [6.07, 6.45) is 0. The fraction of sp³-hybridized carbons (Fsp3) is 0.667. The molecule has 2 nitrogen and oxygen atoms in total. The standard InChI is InChI=1S/C3H7NO.BrH/c1-3(5)2-4;/h2,4H2,1H3;1H. The molecule has 0 atom stereocenters. The summed E-state index contributed by atoms with van der Waals surface area (Å²) in [6.45, 7) is 1.62. The zero-order valence-corrected chi connectivity index (χ0v) is 5.31. The monoisotopic (exact) mass is 153 g/mol. The third-order valence-corrected chi connectivity index (χ3v) is 0.287. The quantitative estimate of drug-likeness (QED) is 0.582. The lowest BCUT2D eigenvalue weighted by molar-refractivity contribution is -0.115. The van der Waals surface area contributed by atoms with Gasteiger partial charge in [0.1, 0.15) is 5.78 Å². The van der Waals surface area contributed by atoms with E-state index in [4.69, 9.17) is 5.73 Å². The van der Waals surface area contributed by atoms with Crippen LogP contribution in [0.25, 0.3) is 0 Å². The molecule has 0 unspecified atom stereocenters. The van der Waals surface area contributed by atoms with Crippen molar-refractivity contribution in [2.75, 3.05) is 6.54 Å². The molecular weight excluding hydrogens is 146 g/mol. The van der Waals surface area contributed by atoms with Crippen LogP contribution in [0, 0.1) is 0 Å². The van der Waals surface area contributed by atoms with Gasteiger partial charge in [0.2, 0.25) is 0 Å². The minimum absolute atomic E-state index is 0. The molecule has 0 aliphatic heterocycles. The summed E-state index contributed by atoms with van der Waals surface area (Å²) in [4.78, 5) is 9.69. The van der Waals surface area contributed by atoms with Crippen molar-refractivity contribution < 1.29 is 4.79 Å². The van der Waals surface area contributed by atoms with E-state index < -0.39 is 0 Å². The summed E-state index contributed by atoms with van der Waals surface area (Å²) >= 11 is 0. The molecule has 0 aromatic rings. The zero-order valence-electron chi connectivity index (χ0n) is 3.60. The molecule has 0 spiro atoms. The van der Waals surface area contributed by atoms with Crippen molar-refractivity contribution >= 4 is 22.8 Å². The Labute approximate surface area is 47.5 Å². The van der Waals surface area contributed by atoms with Gasteiger partial charge in [-0.1, -0.05) is 0 Å². The van der Waals surface area contributed by atoms with Gasteiger partial charge in [0.25, 0.3) is 0 Å². The van der Waals surface area contributed by atoms with Crippen LogP contribution in [0.4, 0.5) is 0 Å². The van der Waals surface area contributed by atoms with Crippen LogP contribution in [0.1, 0.15) is 6.92 Å². The van der Waals surface area contributed by atoms with Gasteiger partial charge in [-0.05, 0) is 6.92 Å². The third kappa shape index (κ3) is 8.93. The van der Waals surface area contributed by atoms with Gasteiger partial charge in [-0.15, -0.1) is 17.0 Å². The maximum atomic E-state index is 9.69. The first-order valence-corrected chi connectivity index (χ1v) is 1.47. The predicted octanol–water partition coefficient (Wildman–Crippen LogP) is 0.112. The number of carbonyl (C=O) groups excluding carboxylic acids is 1. The van der Waals surface area contributed by atoms with E-state index in [1.807, 2.05) is 0 Å². The molecule has 3 heteroatoms. The molecule has 0 aromatic heterocycles. The highest BCUT2D eigenvalue weighted by atomic mass is 79.9. The molecule has 0 aliphatic carbocycles. The summed E-state index contributed by atoms with van der Waals surface area (Å²) < 4.78 is 0. The van der Waals surface area contributed by atoms with Crippen molar-refractivity contribution in [1.82, 2.24) is 0 Å². The molecular formula is C3H8BrNO. The number of hydrogen-bond acceptors (Lipinski definition) is 2. The van der Waals surface area contributed by atoms with Crippen LogP contribution in [-0.2, 0) is 4.79 Å². The van der Waals surface area contributed by atoms with Crippen LogP contribution in [0.3, 0.4) is 0 Å². The van der Waals surface area contributed by atoms with Gasteiger partial charge in [-0.25, -0.2) is 0 Å². The Morgan fingerprint density at radius 2 is 2.00 bits per heavy atom. The Kier molecular flexibility index (Phi) is 8.04. The average molecular weight is 154 g/mol. The molecule has 0 aromatic carbocycles. The largest absolute Gasteiger partial charge is 0.324 e. The van der Waals surface area contributed by atoms with Crippen LogP contribution < -0.4 is 5.73 Å². The van der Waals surface area contributed by atoms with Gasteiger partial charge in [0, 0.05) is 0 Å². The van der Waals surface area contributed by atoms with Gasteiger partial charge in [-0.3, -0.25) is 4.79 Å². The number of halogens is 1. The third-order valence-electron chi connectivity index (χ3n) is 0.287. The Hall–Kier alpha value is 0.110. The van der Waals surface area contributed by atoms with E-state index in [-0.39, 0.29) is 29.3 Å². The molecule has 0 radical (unpaired) electrons. The van der Waals surface area contributed by atoms with E-state index in [1.54, 1.807) is 0 Å². The molecule has 6 heavy (non-hydrogen) atoms. The number of carbonyl (C=O) groups is 1. The first kappa shape index (κ1) is 9.44. The smallest absolute Gasteiger partial charge is 0.143 e. The topological polar surface area (TPSA) is 43.1 Å². The van der Waals surface area contributed by atoms with Crippen molar-refractivity contribution in [3.63, 3.8) is 0 Å². The maximum absolute atomic E-state index is 9.69. The molecule has 38 valence electrons. The first-order valence-electron chi connectivity index (χ1n) is 1.47. The number of Topliss-reactive ketones (excluding diaryl/α,β-unsaturated/α-hetero) is 1. The van der Waals surface area contributed by atoms with Gasteiger partial charge in [0.05, 0.1) is 6.54 Å². The van der Waals surface area contributed by atoms with Crippen LogP contribution in [0.15, 0.2) is 0 Å². The Morgan fingerprint density at radius 3 is 2.00 bits per heavy atom. The Balaban J connectivity index is 0. The number of ketones is 1. The molecule has 0 rings (SSSR count). The molecule has 0 aliphatic rings. The fourth-order valence-corrected chi connectivity index (χ4v) is 0. The van der Waals surface area contributed by atoms with Crippen molar-refractivity contribution in [1.29, 1.82) is 0 Å². The van der Waals surface area contributed by atoms with E-state index in [0.29, 0.717) is 0 Å². The van der Waals surface area contributed by atoms with Gasteiger partial charge in [-0.2, -0.15) is 0 Å². The predicted molar refractivity (Wildman–Crippen MR) is 30.1 cm³/mol. The van der Waals surface area contributed by atoms with E-state index in [0.717, 1.165) is 0 Å². The van der Waals surface area contributed by atoms with Crippen LogP contribution >= 0.6 is 17.0 Å². The van der Waals surface area contributed by atoms with E-state index in [2.05, 4.69) is 0 Å². The summed E-state index contributed by atoms with van der Waals surface area (Å²) in [6, 6.07) is 0. The second-order valence-electron chi connectivity index (χ2n) is 0.906. The number of rotatable bonds is 1. The highest BCUT2D eigenvalue weighted by Crippen LogP contribution is 1.51. The molecule has 2 N–H and O–H groups in total. The summed E-state index contributed by atoms with van der Waals surface area (Å²) in [7, 11) is 0. The first-order chi connectivity index (χ1) is 2.27. The lowest BCUT2D eigenvalue weighted by atomic mass is 10.5. The summed E-state index contributed by atoms with van der Waals surface area (Å²) in [5, 5.41) is 0. The normalized spacial score (nSPS) is 6.33. The van der Waals surface area contributed by atoms with Crippen LogP contribution in [-0.4, -0.2) is 12.3 Å². The average Bonchev–Trinajstić information content (AvgIpc) is 1.38. The van der Waals surface area contributed by atoms with Gasteiger partial charge in [0.15, 0.2) is 0 Å². The van der Waals surface area contributed by atoms with Crippen LogP contribution in [0.2, 0.25) is 0 Å². The van der Waals surface area contributed by atoms with E-state index >= 15 is 0 Å². The van der Waals surface area contributed by atoms with Crippen LogP contribution in [0.5, 0.6) is 0 Å². The van der Waals surface area contributed by atoms with Crippen molar-refractivity contribution in [2.45, 2.75) is 6.92 Å². The molecule has 0 saturated carbocycles. The number of nitrogens with two attached hydrogens (primary N) is 1. The summed E-state index contributed by atoms with van der Waals surface area (Å²) in [5.41, 5.74) is 4.82. The molecule has 0 amide bonds. The zero-order chi connectivity index (χ0) is 4.28. The molecule has 0 bridgehead atoms. The second kappa shape index (κ2) is 5.11. The Morgan fingerprint density at radius 1 is 1.83 bits per heavy atom. The summed E-state index contributed by atoms with van der Waals surface area (Å²) in [5.74, 6) is 0.0324. The van der Waals surface area contributed by atoms with Crippen molar-refractivity contribution in [2.24, 2.45) is 5.73 Å². The minimum Gasteiger partial charge on any atom is -0.324 e. The highest BCUT2D eigenvalue weighted by Gasteiger charge is 1.76. The molecule has 0 fully saturated rings.